The maximum atomic E-state index is 12.2. The van der Waals surface area contributed by atoms with Crippen molar-refractivity contribution in [1.82, 2.24) is 0 Å². The Morgan fingerprint density at radius 2 is 2.12 bits per heavy atom. The summed E-state index contributed by atoms with van der Waals surface area (Å²) in [7, 11) is 1.54. The first-order chi connectivity index (χ1) is 8.06. The van der Waals surface area contributed by atoms with Crippen LogP contribution in [0.2, 0.25) is 0 Å². The van der Waals surface area contributed by atoms with Gasteiger partial charge in [0.1, 0.15) is 12.4 Å². The number of rotatable bonds is 6. The Labute approximate surface area is 106 Å². The molecule has 0 bridgehead atoms. The van der Waals surface area contributed by atoms with Crippen LogP contribution in [0.5, 0.6) is 5.75 Å². The van der Waals surface area contributed by atoms with E-state index >= 15 is 0 Å². The average molecular weight is 309 g/mol. The van der Waals surface area contributed by atoms with Crippen molar-refractivity contribution in [1.29, 1.82) is 0 Å². The fraction of sp³-hybridized carbons (Fsp3) is 0.364. The summed E-state index contributed by atoms with van der Waals surface area (Å²) in [6.07, 6.45) is -3.00. The van der Waals surface area contributed by atoms with Crippen molar-refractivity contribution >= 4 is 21.7 Å². The van der Waals surface area contributed by atoms with Gasteiger partial charge in [0, 0.05) is 12.7 Å². The van der Waals surface area contributed by atoms with E-state index < -0.39 is 12.2 Å². The van der Waals surface area contributed by atoms with Gasteiger partial charge in [0.05, 0.1) is 11.1 Å². The molecule has 1 aromatic rings. The summed E-state index contributed by atoms with van der Waals surface area (Å²) in [6.45, 7) is 0.765. The van der Waals surface area contributed by atoms with Crippen LogP contribution >= 0.6 is 15.9 Å². The van der Waals surface area contributed by atoms with Crippen LogP contribution in [0, 0.1) is 0 Å². The van der Waals surface area contributed by atoms with Gasteiger partial charge in [0.15, 0.2) is 0 Å². The highest BCUT2D eigenvalue weighted by atomic mass is 79.9. The number of halogens is 3. The Morgan fingerprint density at radius 3 is 2.65 bits per heavy atom. The van der Waals surface area contributed by atoms with E-state index in [-0.39, 0.29) is 5.56 Å². The lowest BCUT2D eigenvalue weighted by Gasteiger charge is -2.08. The van der Waals surface area contributed by atoms with Crippen molar-refractivity contribution in [3.8, 4) is 5.75 Å². The monoisotopic (exact) mass is 308 g/mol. The molecular formula is C11H11BrF2O3. The van der Waals surface area contributed by atoms with Gasteiger partial charge in [-0.2, -0.15) is 0 Å². The first-order valence-electron chi connectivity index (χ1n) is 4.80. The number of hydrogen-bond acceptors (Lipinski definition) is 3. The van der Waals surface area contributed by atoms with E-state index in [2.05, 4.69) is 15.9 Å². The van der Waals surface area contributed by atoms with Crippen LogP contribution in [0.3, 0.4) is 0 Å². The first kappa shape index (κ1) is 14.1. The lowest BCUT2D eigenvalue weighted by Crippen LogP contribution is -2.10. The predicted octanol–water partition coefficient (Wildman–Crippen LogP) is 2.92. The van der Waals surface area contributed by atoms with Gasteiger partial charge in [-0.05, 0) is 34.1 Å². The average Bonchev–Trinajstić information content (AvgIpc) is 2.30. The normalized spacial score (nSPS) is 10.6. The Bertz CT molecular complexity index is 396. The summed E-state index contributed by atoms with van der Waals surface area (Å²) in [5.74, 6) is -0.720. The molecule has 0 unspecified atom stereocenters. The molecule has 0 spiro atoms. The Balaban J connectivity index is 2.75. The largest absolute Gasteiger partial charge is 0.490 e. The highest BCUT2D eigenvalue weighted by Crippen LogP contribution is 2.26. The summed E-state index contributed by atoms with van der Waals surface area (Å²) in [4.78, 5) is 11.0. The highest BCUT2D eigenvalue weighted by Gasteiger charge is 2.18. The van der Waals surface area contributed by atoms with Crippen LogP contribution in [0.4, 0.5) is 8.78 Å². The number of ketones is 1. The van der Waals surface area contributed by atoms with E-state index in [4.69, 9.17) is 9.47 Å². The van der Waals surface area contributed by atoms with E-state index in [0.29, 0.717) is 23.4 Å². The molecule has 94 valence electrons. The molecule has 17 heavy (non-hydrogen) atoms. The molecule has 0 N–H and O–H groups in total. The van der Waals surface area contributed by atoms with Crippen LogP contribution < -0.4 is 4.74 Å². The molecule has 0 aliphatic heterocycles. The summed E-state index contributed by atoms with van der Waals surface area (Å²) in [5.41, 5.74) is -0.0500. The van der Waals surface area contributed by atoms with Crippen molar-refractivity contribution in [2.75, 3.05) is 20.3 Å². The molecule has 0 radical (unpaired) electrons. The summed E-state index contributed by atoms with van der Waals surface area (Å²) >= 11 is 3.15. The molecule has 0 aromatic heterocycles. The van der Waals surface area contributed by atoms with Gasteiger partial charge >= 0.3 is 6.43 Å². The van der Waals surface area contributed by atoms with Gasteiger partial charge in [0.25, 0.3) is 0 Å². The third-order valence-corrected chi connectivity index (χ3v) is 2.58. The zero-order valence-electron chi connectivity index (χ0n) is 9.08. The van der Waals surface area contributed by atoms with Gasteiger partial charge in [-0.1, -0.05) is 0 Å². The molecule has 0 heterocycles. The molecule has 0 saturated heterocycles. The van der Waals surface area contributed by atoms with Crippen molar-refractivity contribution in [2.24, 2.45) is 0 Å². The number of methoxy groups -OCH3 is 1. The molecule has 0 atom stereocenters. The number of carbonyl (C=O) groups is 1. The van der Waals surface area contributed by atoms with E-state index in [1.165, 1.54) is 18.2 Å². The topological polar surface area (TPSA) is 35.5 Å². The Hall–Kier alpha value is -1.01. The molecule has 1 aromatic carbocycles. The molecular weight excluding hydrogens is 298 g/mol. The van der Waals surface area contributed by atoms with Crippen molar-refractivity contribution in [3.05, 3.63) is 28.2 Å². The SMILES string of the molecule is COCCOc1ccc(C(=O)C(F)F)cc1Br. The summed E-state index contributed by atoms with van der Waals surface area (Å²) < 4.78 is 34.9. The standard InChI is InChI=1S/C11H11BrF2O3/c1-16-4-5-17-9-3-2-7(6-8(9)12)10(15)11(13)14/h2-3,6,11H,4-5H2,1H3. The molecule has 3 nitrogen and oxygen atoms in total. The second-order valence-electron chi connectivity index (χ2n) is 3.15. The predicted molar refractivity (Wildman–Crippen MR) is 61.8 cm³/mol. The lowest BCUT2D eigenvalue weighted by atomic mass is 10.1. The van der Waals surface area contributed by atoms with E-state index in [0.717, 1.165) is 0 Å². The molecule has 0 saturated carbocycles. The van der Waals surface area contributed by atoms with Crippen LogP contribution in [0.1, 0.15) is 10.4 Å². The van der Waals surface area contributed by atoms with Gasteiger partial charge in [-0.25, -0.2) is 8.78 Å². The van der Waals surface area contributed by atoms with Gasteiger partial charge in [-0.15, -0.1) is 0 Å². The van der Waals surface area contributed by atoms with Gasteiger partial charge in [-0.3, -0.25) is 4.79 Å². The minimum atomic E-state index is -3.00. The maximum absolute atomic E-state index is 12.2. The molecule has 0 amide bonds. The first-order valence-corrected chi connectivity index (χ1v) is 5.59. The van der Waals surface area contributed by atoms with Crippen LogP contribution in [-0.2, 0) is 4.74 Å². The van der Waals surface area contributed by atoms with Crippen LogP contribution in [-0.4, -0.2) is 32.5 Å². The zero-order chi connectivity index (χ0) is 12.8. The molecule has 1 rings (SSSR count). The number of alkyl halides is 2. The summed E-state index contributed by atoms with van der Waals surface area (Å²) in [5, 5.41) is 0. The van der Waals surface area contributed by atoms with Crippen LogP contribution in [0.15, 0.2) is 22.7 Å². The van der Waals surface area contributed by atoms with Crippen molar-refractivity contribution < 1.29 is 23.0 Å². The number of carbonyl (C=O) groups excluding carboxylic acids is 1. The van der Waals surface area contributed by atoms with Crippen molar-refractivity contribution in [3.63, 3.8) is 0 Å². The number of ether oxygens (including phenoxy) is 2. The minimum absolute atomic E-state index is 0.0500. The maximum Gasteiger partial charge on any atom is 0.300 e. The van der Waals surface area contributed by atoms with Gasteiger partial charge < -0.3 is 9.47 Å². The quantitative estimate of drug-likeness (QED) is 0.599. The van der Waals surface area contributed by atoms with Gasteiger partial charge in [0.2, 0.25) is 5.78 Å². The highest BCUT2D eigenvalue weighted by molar-refractivity contribution is 9.10. The minimum Gasteiger partial charge on any atom is -0.490 e. The third kappa shape index (κ3) is 4.05. The van der Waals surface area contributed by atoms with E-state index in [1.54, 1.807) is 7.11 Å². The molecule has 0 aliphatic carbocycles. The Morgan fingerprint density at radius 1 is 1.41 bits per heavy atom. The molecule has 0 aliphatic rings. The second kappa shape index (κ2) is 6.66. The fourth-order valence-electron chi connectivity index (χ4n) is 1.13. The number of Topliss-reactive ketones (excluding diaryl/α,β-unsaturated/α-hetero) is 1. The number of hydrogen-bond donors (Lipinski definition) is 0. The number of benzene rings is 1. The second-order valence-corrected chi connectivity index (χ2v) is 4.01. The molecule has 6 heteroatoms. The third-order valence-electron chi connectivity index (χ3n) is 1.96. The van der Waals surface area contributed by atoms with Crippen LogP contribution in [0.25, 0.3) is 0 Å². The summed E-state index contributed by atoms with van der Waals surface area (Å²) in [6, 6.07) is 4.09. The lowest BCUT2D eigenvalue weighted by molar-refractivity contribution is 0.0678. The van der Waals surface area contributed by atoms with E-state index in [9.17, 15) is 13.6 Å². The Kier molecular flexibility index (Phi) is 5.50. The van der Waals surface area contributed by atoms with Crippen molar-refractivity contribution in [2.45, 2.75) is 6.43 Å². The zero-order valence-corrected chi connectivity index (χ0v) is 10.7. The molecule has 0 fully saturated rings. The smallest absolute Gasteiger partial charge is 0.300 e. The fourth-order valence-corrected chi connectivity index (χ4v) is 1.63. The van der Waals surface area contributed by atoms with E-state index in [1.807, 2.05) is 0 Å².